The van der Waals surface area contributed by atoms with Crippen molar-refractivity contribution in [2.75, 3.05) is 31.1 Å². The zero-order chi connectivity index (χ0) is 34.7. The number of unbranched alkanes of at least 4 members (excludes halogenated alkanes) is 2. The van der Waals surface area contributed by atoms with Crippen LogP contribution >= 0.6 is 0 Å². The van der Waals surface area contributed by atoms with Gasteiger partial charge in [-0.25, -0.2) is 18.7 Å². The van der Waals surface area contributed by atoms with Gasteiger partial charge in [-0.2, -0.15) is 0 Å². The highest BCUT2D eigenvalue weighted by molar-refractivity contribution is 5.79. The van der Waals surface area contributed by atoms with E-state index in [1.165, 1.54) is 0 Å². The number of fused-ring (bicyclic) bond motifs is 2. The number of terminal acetylenes is 1. The normalized spacial score (nSPS) is 24.1. The van der Waals surface area contributed by atoms with Crippen LogP contribution in [0.3, 0.4) is 0 Å². The summed E-state index contributed by atoms with van der Waals surface area (Å²) in [6.45, 7) is 5.07. The lowest BCUT2D eigenvalue weighted by molar-refractivity contribution is -0.130. The number of hydrogen-bond donors (Lipinski definition) is 1. The van der Waals surface area contributed by atoms with Gasteiger partial charge in [0.05, 0.1) is 37.0 Å². The van der Waals surface area contributed by atoms with Crippen LogP contribution in [0, 0.1) is 25.2 Å². The Hall–Kier alpha value is -4.11. The second-order valence-electron chi connectivity index (χ2n) is 14.5. The largest absolute Gasteiger partial charge is 0.490 e. The zero-order valence-electron chi connectivity index (χ0n) is 28.9. The maximum Gasteiger partial charge on any atom is 0.248 e. The first-order valence-electron chi connectivity index (χ1n) is 18.3. The standard InChI is InChI=1S/C38H48F2N8O2/c1-3-4-5-9-20-50-31-22-41-37(42-23-31)46-24-29(25-46)35-45-44-26(2)48(35)34-21-30-12-13-33(34)47(30)19-16-32(27-10-7-6-8-11-27)43-36(49)28-14-17-38(39,40)18-15-28/h1,6-8,10-11,22-23,28-30,32-34H,4-5,9,12-21,24-25H2,2H3,(H,43,49)/t30?,32-,33?,34?/m0/s1. The van der Waals surface area contributed by atoms with Gasteiger partial charge in [-0.15, -0.1) is 22.5 Å². The van der Waals surface area contributed by atoms with E-state index in [1.54, 1.807) is 12.4 Å². The highest BCUT2D eigenvalue weighted by Gasteiger charge is 2.49. The Balaban J connectivity index is 0.961. The number of alkyl halides is 2. The molecular weight excluding hydrogens is 638 g/mol. The summed E-state index contributed by atoms with van der Waals surface area (Å²) in [7, 11) is 0. The van der Waals surface area contributed by atoms with Crippen LogP contribution in [0.4, 0.5) is 14.7 Å². The molecule has 3 aromatic rings. The summed E-state index contributed by atoms with van der Waals surface area (Å²) in [5.74, 6) is 3.13. The van der Waals surface area contributed by atoms with Gasteiger partial charge in [0, 0.05) is 56.9 Å². The van der Waals surface area contributed by atoms with Crippen LogP contribution in [0.2, 0.25) is 0 Å². The van der Waals surface area contributed by atoms with Crippen molar-refractivity contribution in [3.05, 3.63) is 59.9 Å². The minimum atomic E-state index is -2.65. The van der Waals surface area contributed by atoms with E-state index in [0.29, 0.717) is 36.4 Å². The third kappa shape index (κ3) is 7.48. The van der Waals surface area contributed by atoms with E-state index < -0.39 is 5.92 Å². The van der Waals surface area contributed by atoms with Gasteiger partial charge in [0.2, 0.25) is 17.8 Å². The second-order valence-corrected chi connectivity index (χ2v) is 14.5. The molecule has 1 aromatic carbocycles. The summed E-state index contributed by atoms with van der Waals surface area (Å²) in [6, 6.07) is 11.0. The molecule has 3 saturated heterocycles. The van der Waals surface area contributed by atoms with Crippen molar-refractivity contribution < 1.29 is 18.3 Å². The molecule has 3 aliphatic heterocycles. The smallest absolute Gasteiger partial charge is 0.248 e. The van der Waals surface area contributed by atoms with Gasteiger partial charge in [0.1, 0.15) is 11.6 Å². The third-order valence-electron chi connectivity index (χ3n) is 11.3. The van der Waals surface area contributed by atoms with Crippen molar-refractivity contribution in [2.45, 2.75) is 114 Å². The average molecular weight is 687 g/mol. The van der Waals surface area contributed by atoms with E-state index >= 15 is 0 Å². The Bertz CT molecular complexity index is 1630. The quantitative estimate of drug-likeness (QED) is 0.163. The molecule has 12 heteroatoms. The summed E-state index contributed by atoms with van der Waals surface area (Å²) in [6.07, 6.45) is 15.5. The van der Waals surface area contributed by atoms with Crippen LogP contribution in [0.5, 0.6) is 5.75 Å². The SMILES string of the molecule is C#CCCCCOc1cnc(N2CC(c3nnc(C)n3C3CC4CCC3N4CC[C@H](NC(=O)C3CCC(F)(F)CC3)c3ccccc3)C2)nc1. The van der Waals surface area contributed by atoms with Gasteiger partial charge in [0.15, 0.2) is 5.75 Å². The third-order valence-corrected chi connectivity index (χ3v) is 11.3. The summed E-state index contributed by atoms with van der Waals surface area (Å²) in [5, 5.41) is 12.5. The topological polar surface area (TPSA) is 101 Å². The van der Waals surface area contributed by atoms with Crippen LogP contribution < -0.4 is 15.0 Å². The number of carbonyl (C=O) groups excluding carboxylic acids is 1. The Morgan fingerprint density at radius 2 is 1.82 bits per heavy atom. The Kier molecular flexibility index (Phi) is 10.3. The fraction of sp³-hybridized carbons (Fsp3) is 0.605. The van der Waals surface area contributed by atoms with Crippen LogP contribution in [0.25, 0.3) is 0 Å². The molecule has 2 aromatic heterocycles. The van der Waals surface area contributed by atoms with E-state index in [-0.39, 0.29) is 49.5 Å². The average Bonchev–Trinajstić information content (AvgIpc) is 3.78. The van der Waals surface area contributed by atoms with Crippen LogP contribution in [0.1, 0.15) is 106 Å². The number of aryl methyl sites for hydroxylation is 1. The van der Waals surface area contributed by atoms with Crippen LogP contribution in [-0.4, -0.2) is 79.8 Å². The van der Waals surface area contributed by atoms with Crippen LogP contribution in [0.15, 0.2) is 42.7 Å². The summed E-state index contributed by atoms with van der Waals surface area (Å²) in [5.41, 5.74) is 1.05. The summed E-state index contributed by atoms with van der Waals surface area (Å²) < 4.78 is 35.7. The Morgan fingerprint density at radius 3 is 2.56 bits per heavy atom. The minimum Gasteiger partial charge on any atom is -0.490 e. The second kappa shape index (κ2) is 15.0. The molecule has 10 nitrogen and oxygen atoms in total. The first-order chi connectivity index (χ1) is 24.3. The molecule has 1 amide bonds. The van der Waals surface area contributed by atoms with Crippen molar-refractivity contribution in [2.24, 2.45) is 5.92 Å². The Labute approximate surface area is 293 Å². The molecule has 0 spiro atoms. The highest BCUT2D eigenvalue weighted by Crippen LogP contribution is 2.46. The van der Waals surface area contributed by atoms with E-state index in [9.17, 15) is 13.6 Å². The molecular formula is C38H48F2N8O2. The number of halogens is 2. The number of nitrogens with zero attached hydrogens (tertiary/aromatic N) is 7. The molecule has 0 radical (unpaired) electrons. The molecule has 3 unspecified atom stereocenters. The number of nitrogens with one attached hydrogen (secondary N) is 1. The molecule has 7 rings (SSSR count). The maximum atomic E-state index is 13.8. The van der Waals surface area contributed by atoms with E-state index in [4.69, 9.17) is 11.2 Å². The number of anilines is 1. The molecule has 4 fully saturated rings. The molecule has 266 valence electrons. The fourth-order valence-electron chi connectivity index (χ4n) is 8.52. The molecule has 1 N–H and O–H groups in total. The van der Waals surface area contributed by atoms with Crippen molar-refractivity contribution in [1.29, 1.82) is 0 Å². The lowest BCUT2D eigenvalue weighted by Crippen LogP contribution is -2.47. The zero-order valence-corrected chi connectivity index (χ0v) is 28.9. The molecule has 1 saturated carbocycles. The van der Waals surface area contributed by atoms with Gasteiger partial charge in [-0.3, -0.25) is 9.69 Å². The summed E-state index contributed by atoms with van der Waals surface area (Å²) in [4.78, 5) is 27.2. The van der Waals surface area contributed by atoms with Gasteiger partial charge < -0.3 is 19.5 Å². The van der Waals surface area contributed by atoms with Gasteiger partial charge >= 0.3 is 0 Å². The predicted octanol–water partition coefficient (Wildman–Crippen LogP) is 6.01. The monoisotopic (exact) mass is 686 g/mol. The van der Waals surface area contributed by atoms with Gasteiger partial charge in [0.25, 0.3) is 0 Å². The molecule has 50 heavy (non-hydrogen) atoms. The lowest BCUT2D eigenvalue weighted by atomic mass is 9.86. The van der Waals surface area contributed by atoms with Crippen molar-refractivity contribution in [3.63, 3.8) is 0 Å². The Morgan fingerprint density at radius 1 is 1.06 bits per heavy atom. The first kappa shape index (κ1) is 34.3. The number of aromatic nitrogens is 5. The molecule has 5 heterocycles. The van der Waals surface area contributed by atoms with Crippen molar-refractivity contribution in [1.82, 2.24) is 34.9 Å². The minimum absolute atomic E-state index is 0.0994. The number of benzene rings is 1. The molecule has 4 aliphatic rings. The highest BCUT2D eigenvalue weighted by atomic mass is 19.3. The van der Waals surface area contributed by atoms with Crippen molar-refractivity contribution in [3.8, 4) is 18.1 Å². The number of amides is 1. The van der Waals surface area contributed by atoms with Gasteiger partial charge in [-0.1, -0.05) is 30.3 Å². The number of hydrogen-bond acceptors (Lipinski definition) is 8. The van der Waals surface area contributed by atoms with Gasteiger partial charge in [-0.05, 0) is 63.9 Å². The molecule has 4 atom stereocenters. The first-order valence-corrected chi connectivity index (χ1v) is 18.3. The number of ether oxygens (including phenoxy) is 1. The number of carbonyl (C=O) groups is 1. The van der Waals surface area contributed by atoms with E-state index in [1.807, 2.05) is 30.3 Å². The number of rotatable bonds is 14. The van der Waals surface area contributed by atoms with Crippen LogP contribution in [-0.2, 0) is 4.79 Å². The van der Waals surface area contributed by atoms with E-state index in [0.717, 1.165) is 81.8 Å². The van der Waals surface area contributed by atoms with E-state index in [2.05, 4.69) is 52.7 Å². The fourth-order valence-corrected chi connectivity index (χ4v) is 8.52. The lowest BCUT2D eigenvalue weighted by Gasteiger charge is -2.39. The van der Waals surface area contributed by atoms with Crippen molar-refractivity contribution >= 4 is 11.9 Å². The predicted molar refractivity (Wildman–Crippen MR) is 186 cm³/mol. The summed E-state index contributed by atoms with van der Waals surface area (Å²) >= 11 is 0. The maximum absolute atomic E-state index is 13.8. The molecule has 2 bridgehead atoms. The molecule has 1 aliphatic carbocycles.